The SMILES string of the molecule is O=C(/C=C/c1ccccc1)NC1CCN(Cc2ccc3cc(F)ccc3c2)C1.O=C(C=C1CCN(C(=O)c2cccc(F)c2)CC1)NC1CCN(Cc2ccc3cc(F)ccc3c2)C1.[HH].[HH]. The van der Waals surface area contributed by atoms with Crippen molar-refractivity contribution >= 4 is 45.3 Å². The number of likely N-dealkylation sites (tertiary alicyclic amines) is 3. The van der Waals surface area contributed by atoms with E-state index >= 15 is 0 Å². The number of piperidine rings is 1. The van der Waals surface area contributed by atoms with Crippen molar-refractivity contribution in [1.29, 1.82) is 0 Å². The third kappa shape index (κ3) is 12.1. The van der Waals surface area contributed by atoms with E-state index in [0.717, 1.165) is 84.8 Å². The fourth-order valence-corrected chi connectivity index (χ4v) is 8.79. The molecule has 6 aromatic carbocycles. The Balaban J connectivity index is 0.000000218. The van der Waals surface area contributed by atoms with Crippen molar-refractivity contribution in [1.82, 2.24) is 25.3 Å². The van der Waals surface area contributed by atoms with Gasteiger partial charge in [-0.15, -0.1) is 0 Å². The minimum atomic E-state index is -0.422. The lowest BCUT2D eigenvalue weighted by molar-refractivity contribution is -0.118. The Labute approximate surface area is 375 Å². The Morgan fingerprint density at radius 2 is 1.11 bits per heavy atom. The molecular formula is C53H56F3N5O3. The van der Waals surface area contributed by atoms with Gasteiger partial charge in [0, 0.05) is 85.0 Å². The maximum atomic E-state index is 13.4. The van der Waals surface area contributed by atoms with Gasteiger partial charge in [-0.25, -0.2) is 13.2 Å². The highest BCUT2D eigenvalue weighted by atomic mass is 19.1. The van der Waals surface area contributed by atoms with Crippen molar-refractivity contribution in [2.75, 3.05) is 39.3 Å². The molecule has 0 saturated carbocycles. The number of rotatable bonds is 10. The van der Waals surface area contributed by atoms with Crippen LogP contribution in [-0.4, -0.2) is 83.8 Å². The number of nitrogens with one attached hydrogen (secondary N) is 2. The molecule has 3 aliphatic heterocycles. The standard InChI is InChI=1S/C29H29F2N3O2.C24H23FN2O.2H2/c30-25-3-1-2-24(17-25)29(36)34-12-8-20(9-13-34)15-28(35)32-27-10-11-33(19-27)18-21-4-5-23-16-26(31)7-6-22(23)14-21;25-22-10-9-20-14-19(6-8-21(20)15-22)16-27-13-12-23(17-27)26-24(28)11-7-18-4-2-1-3-5-18;;/h1-7,14-17,27H,8-13,18-19H2,(H,32,35);1-11,14-15,23H,12-13,16-17H2,(H,26,28);2*1H/b;11-7+;;. The van der Waals surface area contributed by atoms with E-state index in [1.165, 1.54) is 41.5 Å². The van der Waals surface area contributed by atoms with Crippen molar-refractivity contribution < 1.29 is 30.4 Å². The number of hydrogen-bond donors (Lipinski definition) is 2. The number of amides is 3. The van der Waals surface area contributed by atoms with Crippen molar-refractivity contribution in [2.45, 2.75) is 50.9 Å². The smallest absolute Gasteiger partial charge is 0.253 e. The highest BCUT2D eigenvalue weighted by Gasteiger charge is 2.26. The molecular weight excluding hydrogens is 812 g/mol. The molecule has 3 aliphatic rings. The number of benzene rings is 6. The van der Waals surface area contributed by atoms with Crippen molar-refractivity contribution in [3.63, 3.8) is 0 Å². The number of carbonyl (C=O) groups is 3. The van der Waals surface area contributed by atoms with Crippen LogP contribution in [0.3, 0.4) is 0 Å². The molecule has 3 heterocycles. The zero-order valence-electron chi connectivity index (χ0n) is 35.7. The molecule has 0 aliphatic carbocycles. The van der Waals surface area contributed by atoms with Crippen LogP contribution in [-0.2, 0) is 22.7 Å². The maximum Gasteiger partial charge on any atom is 0.253 e. The van der Waals surface area contributed by atoms with Gasteiger partial charge < -0.3 is 15.5 Å². The number of nitrogens with zero attached hydrogens (tertiary/aromatic N) is 3. The molecule has 0 radical (unpaired) electrons. The van der Waals surface area contributed by atoms with Crippen molar-refractivity contribution in [3.05, 3.63) is 185 Å². The fraction of sp³-hybridized carbons (Fsp3) is 0.264. The van der Waals surface area contributed by atoms with Crippen LogP contribution in [0.1, 0.15) is 55.6 Å². The monoisotopic (exact) mass is 867 g/mol. The van der Waals surface area contributed by atoms with Gasteiger partial charge in [0.1, 0.15) is 17.5 Å². The van der Waals surface area contributed by atoms with Crippen LogP contribution in [0.4, 0.5) is 13.2 Å². The largest absolute Gasteiger partial charge is 0.348 e. The molecule has 11 heteroatoms. The number of carbonyl (C=O) groups excluding carboxylic acids is 3. The molecule has 0 aromatic heterocycles. The van der Waals surface area contributed by atoms with E-state index < -0.39 is 5.82 Å². The molecule has 2 atom stereocenters. The summed E-state index contributed by atoms with van der Waals surface area (Å²) in [5.41, 5.74) is 4.77. The summed E-state index contributed by atoms with van der Waals surface area (Å²) < 4.78 is 40.2. The number of fused-ring (bicyclic) bond motifs is 2. The quantitative estimate of drug-likeness (QED) is 0.134. The van der Waals surface area contributed by atoms with Gasteiger partial charge >= 0.3 is 0 Å². The zero-order chi connectivity index (χ0) is 44.4. The predicted octanol–water partition coefficient (Wildman–Crippen LogP) is 9.55. The van der Waals surface area contributed by atoms with Gasteiger partial charge in [0.25, 0.3) is 5.91 Å². The first kappa shape index (κ1) is 44.1. The summed E-state index contributed by atoms with van der Waals surface area (Å²) in [6.45, 7) is 6.14. The fourth-order valence-electron chi connectivity index (χ4n) is 8.79. The highest BCUT2D eigenvalue weighted by molar-refractivity contribution is 5.94. The average Bonchev–Trinajstić information content (AvgIpc) is 3.94. The lowest BCUT2D eigenvalue weighted by Gasteiger charge is -2.28. The highest BCUT2D eigenvalue weighted by Crippen LogP contribution is 2.23. The summed E-state index contributed by atoms with van der Waals surface area (Å²) in [5.74, 6) is -1.18. The normalized spacial score (nSPS) is 18.0. The summed E-state index contributed by atoms with van der Waals surface area (Å²) >= 11 is 0. The Morgan fingerprint density at radius 3 is 1.69 bits per heavy atom. The second-order valence-electron chi connectivity index (χ2n) is 17.0. The first-order valence-corrected chi connectivity index (χ1v) is 22.0. The first-order valence-electron chi connectivity index (χ1n) is 22.0. The van der Waals surface area contributed by atoms with Gasteiger partial charge in [0.2, 0.25) is 11.8 Å². The van der Waals surface area contributed by atoms with Crippen LogP contribution >= 0.6 is 0 Å². The molecule has 3 fully saturated rings. The molecule has 64 heavy (non-hydrogen) atoms. The summed E-state index contributed by atoms with van der Waals surface area (Å²) in [5, 5.41) is 10.1. The maximum absolute atomic E-state index is 13.4. The Morgan fingerprint density at radius 1 is 0.578 bits per heavy atom. The summed E-state index contributed by atoms with van der Waals surface area (Å²) in [4.78, 5) is 43.8. The molecule has 2 unspecified atom stereocenters. The Kier molecular flexibility index (Phi) is 14.3. The Bertz CT molecular complexity index is 2690. The van der Waals surface area contributed by atoms with Gasteiger partial charge in [-0.1, -0.05) is 78.4 Å². The Hall–Kier alpha value is -6.56. The van der Waals surface area contributed by atoms with Crippen LogP contribution in [0.15, 0.2) is 145 Å². The predicted molar refractivity (Wildman–Crippen MR) is 251 cm³/mol. The minimum absolute atomic E-state index is 0. The summed E-state index contributed by atoms with van der Waals surface area (Å²) in [6, 6.07) is 37.7. The van der Waals surface area contributed by atoms with Crippen LogP contribution in [0, 0.1) is 17.5 Å². The zero-order valence-corrected chi connectivity index (χ0v) is 35.7. The summed E-state index contributed by atoms with van der Waals surface area (Å²) in [7, 11) is 0. The minimum Gasteiger partial charge on any atom is -0.348 e. The molecule has 3 amide bonds. The first-order chi connectivity index (χ1) is 31.1. The van der Waals surface area contributed by atoms with E-state index in [4.69, 9.17) is 0 Å². The van der Waals surface area contributed by atoms with Crippen LogP contribution in [0.2, 0.25) is 0 Å². The topological polar surface area (TPSA) is 85.0 Å². The molecule has 6 aromatic rings. The van der Waals surface area contributed by atoms with Gasteiger partial charge in [-0.05, 0) is 125 Å². The molecule has 2 N–H and O–H groups in total. The summed E-state index contributed by atoms with van der Waals surface area (Å²) in [6.07, 6.45) is 8.22. The third-order valence-electron chi connectivity index (χ3n) is 12.1. The second-order valence-corrected chi connectivity index (χ2v) is 17.0. The van der Waals surface area contributed by atoms with E-state index in [1.54, 1.807) is 41.3 Å². The van der Waals surface area contributed by atoms with Crippen LogP contribution in [0.5, 0.6) is 0 Å². The van der Waals surface area contributed by atoms with Gasteiger partial charge in [0.05, 0.1) is 0 Å². The third-order valence-corrected chi connectivity index (χ3v) is 12.1. The van der Waals surface area contributed by atoms with E-state index in [-0.39, 0.29) is 44.3 Å². The molecule has 0 spiro atoms. The van der Waals surface area contributed by atoms with Crippen molar-refractivity contribution in [3.8, 4) is 0 Å². The molecule has 0 bridgehead atoms. The lowest BCUT2D eigenvalue weighted by Crippen LogP contribution is -2.38. The average molecular weight is 868 g/mol. The number of halogens is 3. The van der Waals surface area contributed by atoms with E-state index in [0.29, 0.717) is 31.5 Å². The van der Waals surface area contributed by atoms with E-state index in [1.807, 2.05) is 60.7 Å². The van der Waals surface area contributed by atoms with E-state index in [2.05, 4.69) is 38.6 Å². The van der Waals surface area contributed by atoms with Crippen LogP contribution < -0.4 is 10.6 Å². The van der Waals surface area contributed by atoms with E-state index in [9.17, 15) is 27.6 Å². The second kappa shape index (κ2) is 20.7. The van der Waals surface area contributed by atoms with Gasteiger partial charge in [-0.2, -0.15) is 0 Å². The lowest BCUT2D eigenvalue weighted by atomic mass is 10.0. The van der Waals surface area contributed by atoms with Crippen molar-refractivity contribution in [2.24, 2.45) is 0 Å². The van der Waals surface area contributed by atoms with Gasteiger partial charge in [-0.3, -0.25) is 24.2 Å². The molecule has 8 nitrogen and oxygen atoms in total. The molecule has 3 saturated heterocycles. The van der Waals surface area contributed by atoms with Crippen LogP contribution in [0.25, 0.3) is 27.6 Å². The molecule has 9 rings (SSSR count). The molecule has 332 valence electrons. The van der Waals surface area contributed by atoms with Gasteiger partial charge in [0.15, 0.2) is 0 Å². The number of hydrogen-bond acceptors (Lipinski definition) is 5.